The van der Waals surface area contributed by atoms with Gasteiger partial charge < -0.3 is 19.9 Å². The van der Waals surface area contributed by atoms with Crippen LogP contribution >= 0.6 is 0 Å². The monoisotopic (exact) mass is 415 g/mol. The lowest BCUT2D eigenvalue weighted by molar-refractivity contribution is 0.312. The van der Waals surface area contributed by atoms with Crippen molar-refractivity contribution in [3.63, 3.8) is 0 Å². The normalized spacial score (nSPS) is 14.7. The fourth-order valence-corrected chi connectivity index (χ4v) is 3.83. The standard InChI is InChI=1S/C23H25N7O/c1-28-11-13-29(14-12-28)22-10-7-17(15-24-22)26-23-25-16-18-8-9-20(30(18)27-23)19-5-3-4-6-21(19)31-2/h3-10,15-16H,11-14H2,1-2H3,(H,26,27). The van der Waals surface area contributed by atoms with E-state index < -0.39 is 0 Å². The van der Waals surface area contributed by atoms with Gasteiger partial charge in [0.25, 0.3) is 0 Å². The molecule has 1 aromatic carbocycles. The van der Waals surface area contributed by atoms with Crippen LogP contribution in [0, 0.1) is 0 Å². The number of para-hydroxylation sites is 1. The van der Waals surface area contributed by atoms with E-state index in [1.807, 2.05) is 59.2 Å². The summed E-state index contributed by atoms with van der Waals surface area (Å²) in [5.41, 5.74) is 3.69. The molecule has 4 heterocycles. The van der Waals surface area contributed by atoms with Crippen LogP contribution in [0.2, 0.25) is 0 Å². The third-order valence-corrected chi connectivity index (χ3v) is 5.61. The summed E-state index contributed by atoms with van der Waals surface area (Å²) in [5, 5.41) is 7.96. The van der Waals surface area contributed by atoms with Crippen LogP contribution in [0.3, 0.4) is 0 Å². The smallest absolute Gasteiger partial charge is 0.245 e. The van der Waals surface area contributed by atoms with Crippen molar-refractivity contribution in [1.29, 1.82) is 0 Å². The molecule has 1 aliphatic heterocycles. The van der Waals surface area contributed by atoms with E-state index >= 15 is 0 Å². The Morgan fingerprint density at radius 1 is 0.903 bits per heavy atom. The molecule has 0 radical (unpaired) electrons. The number of nitrogens with one attached hydrogen (secondary N) is 1. The zero-order chi connectivity index (χ0) is 21.2. The number of benzene rings is 1. The summed E-state index contributed by atoms with van der Waals surface area (Å²) in [4.78, 5) is 13.7. The van der Waals surface area contributed by atoms with Crippen LogP contribution in [-0.2, 0) is 0 Å². The van der Waals surface area contributed by atoms with E-state index in [2.05, 4.69) is 32.1 Å². The Bertz CT molecular complexity index is 1180. The van der Waals surface area contributed by atoms with Crippen LogP contribution in [0.4, 0.5) is 17.5 Å². The SMILES string of the molecule is COc1ccccc1-c1ccc2cnc(Nc3ccc(N4CCN(C)CC4)nc3)nn12. The number of piperazine rings is 1. The Morgan fingerprint density at radius 3 is 2.52 bits per heavy atom. The summed E-state index contributed by atoms with van der Waals surface area (Å²) < 4.78 is 7.40. The van der Waals surface area contributed by atoms with Gasteiger partial charge in [0.1, 0.15) is 11.6 Å². The van der Waals surface area contributed by atoms with Gasteiger partial charge in [0.05, 0.1) is 36.4 Å². The number of rotatable bonds is 5. The number of hydrogen-bond acceptors (Lipinski definition) is 7. The van der Waals surface area contributed by atoms with Gasteiger partial charge in [0.2, 0.25) is 5.95 Å². The molecule has 1 saturated heterocycles. The Balaban J connectivity index is 1.38. The van der Waals surface area contributed by atoms with Gasteiger partial charge in [-0.1, -0.05) is 12.1 Å². The van der Waals surface area contributed by atoms with Crippen LogP contribution in [0.5, 0.6) is 5.75 Å². The maximum absolute atomic E-state index is 5.52. The van der Waals surface area contributed by atoms with Gasteiger partial charge in [-0.05, 0) is 43.4 Å². The maximum Gasteiger partial charge on any atom is 0.245 e. The highest BCUT2D eigenvalue weighted by atomic mass is 16.5. The summed E-state index contributed by atoms with van der Waals surface area (Å²) in [6.07, 6.45) is 3.64. The van der Waals surface area contributed by atoms with Crippen molar-refractivity contribution in [1.82, 2.24) is 24.5 Å². The molecule has 158 valence electrons. The lowest BCUT2D eigenvalue weighted by Crippen LogP contribution is -2.44. The zero-order valence-electron chi connectivity index (χ0n) is 17.7. The molecule has 0 amide bonds. The first-order valence-corrected chi connectivity index (χ1v) is 10.4. The van der Waals surface area contributed by atoms with Crippen molar-refractivity contribution in [3.8, 4) is 17.0 Å². The molecular weight excluding hydrogens is 390 g/mol. The minimum atomic E-state index is 0.508. The molecule has 3 aromatic heterocycles. The Hall–Kier alpha value is -3.65. The molecule has 8 heteroatoms. The van der Waals surface area contributed by atoms with E-state index in [1.54, 1.807) is 13.3 Å². The number of hydrogen-bond donors (Lipinski definition) is 1. The van der Waals surface area contributed by atoms with Crippen molar-refractivity contribution >= 4 is 23.0 Å². The Kier molecular flexibility index (Phi) is 5.13. The van der Waals surface area contributed by atoms with Crippen molar-refractivity contribution < 1.29 is 4.74 Å². The second kappa shape index (κ2) is 8.23. The highest BCUT2D eigenvalue weighted by Crippen LogP contribution is 2.30. The topological polar surface area (TPSA) is 70.8 Å². The van der Waals surface area contributed by atoms with Crippen molar-refractivity contribution in [2.45, 2.75) is 0 Å². The highest BCUT2D eigenvalue weighted by molar-refractivity contribution is 5.72. The predicted octanol–water partition coefficient (Wildman–Crippen LogP) is 3.30. The van der Waals surface area contributed by atoms with E-state index in [0.29, 0.717) is 5.95 Å². The first-order valence-electron chi connectivity index (χ1n) is 10.4. The molecule has 1 N–H and O–H groups in total. The maximum atomic E-state index is 5.52. The number of anilines is 3. The lowest BCUT2D eigenvalue weighted by atomic mass is 10.1. The second-order valence-electron chi connectivity index (χ2n) is 7.66. The molecule has 4 aromatic rings. The van der Waals surface area contributed by atoms with E-state index in [0.717, 1.165) is 60.2 Å². The summed E-state index contributed by atoms with van der Waals surface area (Å²) in [6, 6.07) is 16.0. The first-order chi connectivity index (χ1) is 15.2. The summed E-state index contributed by atoms with van der Waals surface area (Å²) >= 11 is 0. The summed E-state index contributed by atoms with van der Waals surface area (Å²) in [6.45, 7) is 4.10. The zero-order valence-corrected chi connectivity index (χ0v) is 17.7. The third kappa shape index (κ3) is 3.89. The van der Waals surface area contributed by atoms with Crippen LogP contribution in [0.1, 0.15) is 0 Å². The molecule has 0 unspecified atom stereocenters. The van der Waals surface area contributed by atoms with Gasteiger partial charge >= 0.3 is 0 Å². The van der Waals surface area contributed by atoms with Crippen LogP contribution < -0.4 is 15.0 Å². The van der Waals surface area contributed by atoms with Crippen LogP contribution in [0.15, 0.2) is 60.9 Å². The minimum absolute atomic E-state index is 0.508. The molecule has 0 atom stereocenters. The van der Waals surface area contributed by atoms with Gasteiger partial charge in [-0.3, -0.25) is 0 Å². The van der Waals surface area contributed by atoms with Crippen molar-refractivity contribution in [3.05, 3.63) is 60.9 Å². The highest BCUT2D eigenvalue weighted by Gasteiger charge is 2.15. The fraction of sp³-hybridized carbons (Fsp3) is 0.261. The van der Waals surface area contributed by atoms with Crippen LogP contribution in [0.25, 0.3) is 16.8 Å². The average molecular weight is 416 g/mol. The van der Waals surface area contributed by atoms with Crippen LogP contribution in [-0.4, -0.2) is 64.8 Å². The predicted molar refractivity (Wildman–Crippen MR) is 122 cm³/mol. The first kappa shape index (κ1) is 19.3. The average Bonchev–Trinajstić information content (AvgIpc) is 3.23. The molecule has 1 aliphatic rings. The lowest BCUT2D eigenvalue weighted by Gasteiger charge is -2.33. The molecule has 5 rings (SSSR count). The van der Waals surface area contributed by atoms with Crippen molar-refractivity contribution in [2.24, 2.45) is 0 Å². The van der Waals surface area contributed by atoms with E-state index in [-0.39, 0.29) is 0 Å². The Labute approximate surface area is 181 Å². The molecule has 0 aliphatic carbocycles. The number of pyridine rings is 1. The number of fused-ring (bicyclic) bond motifs is 1. The largest absolute Gasteiger partial charge is 0.496 e. The number of methoxy groups -OCH3 is 1. The number of aromatic nitrogens is 4. The molecule has 31 heavy (non-hydrogen) atoms. The molecule has 8 nitrogen and oxygen atoms in total. The summed E-state index contributed by atoms with van der Waals surface area (Å²) in [7, 11) is 3.83. The van der Waals surface area contributed by atoms with E-state index in [4.69, 9.17) is 9.84 Å². The number of likely N-dealkylation sites (N-methyl/N-ethyl adjacent to an activating group) is 1. The number of ether oxygens (including phenoxy) is 1. The molecule has 1 fully saturated rings. The third-order valence-electron chi connectivity index (χ3n) is 5.61. The van der Waals surface area contributed by atoms with Gasteiger partial charge in [0, 0.05) is 31.7 Å². The number of nitrogens with zero attached hydrogens (tertiary/aromatic N) is 6. The Morgan fingerprint density at radius 2 is 1.74 bits per heavy atom. The van der Waals surface area contributed by atoms with Gasteiger partial charge in [-0.2, -0.15) is 0 Å². The van der Waals surface area contributed by atoms with Gasteiger partial charge in [-0.15, -0.1) is 5.10 Å². The van der Waals surface area contributed by atoms with E-state index in [9.17, 15) is 0 Å². The second-order valence-corrected chi connectivity index (χ2v) is 7.66. The fourth-order valence-electron chi connectivity index (χ4n) is 3.83. The van der Waals surface area contributed by atoms with Gasteiger partial charge in [-0.25, -0.2) is 14.5 Å². The summed E-state index contributed by atoms with van der Waals surface area (Å²) in [5.74, 6) is 2.31. The molecule has 0 bridgehead atoms. The molecule has 0 saturated carbocycles. The molecular formula is C23H25N7O. The quantitative estimate of drug-likeness (QED) is 0.536. The minimum Gasteiger partial charge on any atom is -0.496 e. The van der Waals surface area contributed by atoms with Crippen molar-refractivity contribution in [2.75, 3.05) is 50.6 Å². The van der Waals surface area contributed by atoms with E-state index in [1.165, 1.54) is 0 Å². The van der Waals surface area contributed by atoms with Gasteiger partial charge in [0.15, 0.2) is 0 Å². The molecule has 0 spiro atoms.